The van der Waals surface area contributed by atoms with Crippen LogP contribution in [0.3, 0.4) is 0 Å². The lowest BCUT2D eigenvalue weighted by Gasteiger charge is -2.08. The van der Waals surface area contributed by atoms with E-state index in [1.165, 1.54) is 0 Å². The van der Waals surface area contributed by atoms with Gasteiger partial charge in [0.05, 0.1) is 22.3 Å². The highest BCUT2D eigenvalue weighted by atomic mass is 16.4. The third-order valence-corrected chi connectivity index (χ3v) is 3.85. The fourth-order valence-corrected chi connectivity index (χ4v) is 2.47. The van der Waals surface area contributed by atoms with Crippen molar-refractivity contribution in [2.75, 3.05) is 0 Å². The summed E-state index contributed by atoms with van der Waals surface area (Å²) in [5, 5.41) is 36.3. The average Bonchev–Trinajstić information content (AvgIpc) is 2.74. The Labute approximate surface area is 170 Å². The van der Waals surface area contributed by atoms with E-state index >= 15 is 0 Å². The smallest absolute Gasteiger partial charge is 0.335 e. The van der Waals surface area contributed by atoms with Crippen LogP contribution in [-0.2, 0) is 0 Å². The topological polar surface area (TPSA) is 149 Å². The van der Waals surface area contributed by atoms with Gasteiger partial charge in [0.15, 0.2) is 0 Å². The van der Waals surface area contributed by atoms with Crippen LogP contribution in [0.5, 0.6) is 0 Å². The zero-order chi connectivity index (χ0) is 22.3. The second-order valence-corrected chi connectivity index (χ2v) is 5.97. The summed E-state index contributed by atoms with van der Waals surface area (Å²) in [7, 11) is 0. The molecule has 0 amide bonds. The fourth-order valence-electron chi connectivity index (χ4n) is 2.47. The number of hydrogen-bond donors (Lipinski definition) is 4. The summed E-state index contributed by atoms with van der Waals surface area (Å²) in [6.07, 6.45) is 0. The Morgan fingerprint density at radius 2 is 0.600 bits per heavy atom. The van der Waals surface area contributed by atoms with Crippen molar-refractivity contribution in [2.24, 2.45) is 0 Å². The maximum Gasteiger partial charge on any atom is 0.335 e. The zero-order valence-corrected chi connectivity index (χ0v) is 15.4. The van der Waals surface area contributed by atoms with Gasteiger partial charge in [-0.15, -0.1) is 0 Å². The van der Waals surface area contributed by atoms with E-state index < -0.39 is 23.9 Å². The van der Waals surface area contributed by atoms with Gasteiger partial charge in [-0.25, -0.2) is 19.2 Å². The quantitative estimate of drug-likeness (QED) is 0.497. The summed E-state index contributed by atoms with van der Waals surface area (Å²) in [6.45, 7) is 0. The number of aromatic carboxylic acids is 4. The van der Waals surface area contributed by atoms with Gasteiger partial charge in [-0.2, -0.15) is 0 Å². The highest BCUT2D eigenvalue weighted by molar-refractivity contribution is 5.99. The summed E-state index contributed by atoms with van der Waals surface area (Å²) < 4.78 is 0. The second-order valence-electron chi connectivity index (χ2n) is 5.97. The minimum atomic E-state index is -1.37. The molecule has 0 spiro atoms. The van der Waals surface area contributed by atoms with E-state index in [1.807, 2.05) is 36.4 Å². The third-order valence-electron chi connectivity index (χ3n) is 3.85. The van der Waals surface area contributed by atoms with Gasteiger partial charge < -0.3 is 20.4 Å². The van der Waals surface area contributed by atoms with E-state index in [9.17, 15) is 19.2 Å². The molecule has 0 atom stereocenters. The normalized spacial score (nSPS) is 9.73. The molecule has 0 aliphatic rings. The monoisotopic (exact) mass is 408 g/mol. The predicted molar refractivity (Wildman–Crippen MR) is 106 cm³/mol. The first-order chi connectivity index (χ1) is 14.2. The first kappa shape index (κ1) is 21.8. The molecule has 0 aliphatic carbocycles. The Hall–Kier alpha value is -4.46. The summed E-state index contributed by atoms with van der Waals surface area (Å²) in [4.78, 5) is 44.5. The van der Waals surface area contributed by atoms with Crippen LogP contribution in [0.4, 0.5) is 0 Å². The molecular weight excluding hydrogens is 392 g/mol. The Morgan fingerprint density at radius 3 is 0.767 bits per heavy atom. The van der Waals surface area contributed by atoms with Crippen LogP contribution in [-0.4, -0.2) is 44.3 Å². The van der Waals surface area contributed by atoms with E-state index in [1.54, 1.807) is 0 Å². The summed E-state index contributed by atoms with van der Waals surface area (Å²) in [5.41, 5.74) is -1.11. The molecule has 0 aliphatic heterocycles. The molecule has 3 rings (SSSR count). The molecule has 0 saturated heterocycles. The minimum Gasteiger partial charge on any atom is -0.478 e. The number of carboxylic acids is 4. The van der Waals surface area contributed by atoms with Crippen molar-refractivity contribution in [2.45, 2.75) is 0 Å². The van der Waals surface area contributed by atoms with Gasteiger partial charge in [-0.05, 0) is 47.5 Å². The van der Waals surface area contributed by atoms with E-state index in [4.69, 9.17) is 20.4 Å². The zero-order valence-electron chi connectivity index (χ0n) is 15.4. The Bertz CT molecular complexity index is 939. The average molecular weight is 408 g/mol. The standard InChI is InChI=1S/C16H10O8.C6H6/c17-13(18)9-1-7(2-10(5-9)14(19)20)8-3-11(15(21)22)6-12(4-8)16(23)24;1-2-4-6-5-3-1/h1-6H,(H,17,18)(H,19,20)(H,21,22)(H,23,24);1-6H. The van der Waals surface area contributed by atoms with E-state index in [0.29, 0.717) is 0 Å². The lowest BCUT2D eigenvalue weighted by atomic mass is 9.96. The Kier molecular flexibility index (Phi) is 7.02. The van der Waals surface area contributed by atoms with Crippen LogP contribution >= 0.6 is 0 Å². The molecule has 8 nitrogen and oxygen atoms in total. The molecule has 4 N–H and O–H groups in total. The molecule has 0 radical (unpaired) electrons. The maximum atomic E-state index is 11.1. The molecule has 30 heavy (non-hydrogen) atoms. The number of benzene rings is 3. The molecule has 152 valence electrons. The second kappa shape index (κ2) is 9.65. The van der Waals surface area contributed by atoms with Crippen molar-refractivity contribution in [3.05, 3.63) is 95.1 Å². The van der Waals surface area contributed by atoms with Crippen molar-refractivity contribution in [1.82, 2.24) is 0 Å². The van der Waals surface area contributed by atoms with Crippen LogP contribution in [0.2, 0.25) is 0 Å². The van der Waals surface area contributed by atoms with Crippen molar-refractivity contribution < 1.29 is 39.6 Å². The molecule has 3 aromatic rings. The molecule has 0 saturated carbocycles. The fraction of sp³-hybridized carbons (Fsp3) is 0. The highest BCUT2D eigenvalue weighted by Gasteiger charge is 2.16. The van der Waals surface area contributed by atoms with Crippen LogP contribution in [0.25, 0.3) is 11.1 Å². The van der Waals surface area contributed by atoms with Crippen molar-refractivity contribution in [1.29, 1.82) is 0 Å². The van der Waals surface area contributed by atoms with Crippen LogP contribution < -0.4 is 0 Å². The lowest BCUT2D eigenvalue weighted by molar-refractivity contribution is 0.0676. The van der Waals surface area contributed by atoms with Crippen molar-refractivity contribution in [3.63, 3.8) is 0 Å². The minimum absolute atomic E-state index is 0.0814. The number of carboxylic acid groups (broad SMARTS) is 4. The SMILES string of the molecule is O=C(O)c1cc(C(=O)O)cc(-c2cc(C(=O)O)cc(C(=O)O)c2)c1.c1ccccc1. The number of hydrogen-bond acceptors (Lipinski definition) is 4. The van der Waals surface area contributed by atoms with Gasteiger partial charge in [0.1, 0.15) is 0 Å². The van der Waals surface area contributed by atoms with Gasteiger partial charge in [-0.1, -0.05) is 36.4 Å². The van der Waals surface area contributed by atoms with Gasteiger partial charge in [0.25, 0.3) is 0 Å². The van der Waals surface area contributed by atoms with Crippen LogP contribution in [0, 0.1) is 0 Å². The van der Waals surface area contributed by atoms with Crippen molar-refractivity contribution >= 4 is 23.9 Å². The molecule has 0 aromatic heterocycles. The third kappa shape index (κ3) is 5.77. The molecule has 3 aromatic carbocycles. The highest BCUT2D eigenvalue weighted by Crippen LogP contribution is 2.26. The number of rotatable bonds is 5. The van der Waals surface area contributed by atoms with Crippen LogP contribution in [0.1, 0.15) is 41.4 Å². The first-order valence-corrected chi connectivity index (χ1v) is 8.43. The molecule has 0 bridgehead atoms. The summed E-state index contributed by atoms with van der Waals surface area (Å²) in [6, 6.07) is 18.5. The van der Waals surface area contributed by atoms with Crippen LogP contribution in [0.15, 0.2) is 72.8 Å². The van der Waals surface area contributed by atoms with Crippen molar-refractivity contribution in [3.8, 4) is 11.1 Å². The lowest BCUT2D eigenvalue weighted by Crippen LogP contribution is -2.05. The molecular formula is C22H16O8. The van der Waals surface area contributed by atoms with Gasteiger partial charge in [-0.3, -0.25) is 0 Å². The number of carbonyl (C=O) groups is 4. The Balaban J connectivity index is 0.000000456. The van der Waals surface area contributed by atoms with E-state index in [2.05, 4.69) is 0 Å². The molecule has 0 heterocycles. The van der Waals surface area contributed by atoms with E-state index in [0.717, 1.165) is 36.4 Å². The van der Waals surface area contributed by atoms with Gasteiger partial charge in [0, 0.05) is 0 Å². The van der Waals surface area contributed by atoms with Gasteiger partial charge in [0.2, 0.25) is 0 Å². The molecule has 0 unspecified atom stereocenters. The van der Waals surface area contributed by atoms with E-state index in [-0.39, 0.29) is 33.4 Å². The largest absolute Gasteiger partial charge is 0.478 e. The maximum absolute atomic E-state index is 11.1. The Morgan fingerprint density at radius 1 is 0.400 bits per heavy atom. The molecule has 8 heteroatoms. The van der Waals surface area contributed by atoms with Gasteiger partial charge >= 0.3 is 23.9 Å². The molecule has 0 fully saturated rings. The summed E-state index contributed by atoms with van der Waals surface area (Å²) in [5.74, 6) is -5.47. The first-order valence-electron chi connectivity index (χ1n) is 8.43. The predicted octanol–water partition coefficient (Wildman–Crippen LogP) is 3.83. The summed E-state index contributed by atoms with van der Waals surface area (Å²) >= 11 is 0.